The predicted molar refractivity (Wildman–Crippen MR) is 317 cm³/mol. The number of carbonyl (C=O) groups excluding carboxylic acids is 3. The van der Waals surface area contributed by atoms with Gasteiger partial charge in [0.2, 0.25) is 0 Å². The Morgan fingerprint density at radius 3 is 0.908 bits per heavy atom. The first-order valence-corrected chi connectivity index (χ1v) is 34.1. The molecular formula is C64H123O11P. The van der Waals surface area contributed by atoms with E-state index in [1.165, 1.54) is 225 Å². The average molecular weight is 1100 g/mol. The van der Waals surface area contributed by atoms with Crippen LogP contribution < -0.4 is 0 Å². The number of esters is 3. The molecule has 12 heteroatoms. The summed E-state index contributed by atoms with van der Waals surface area (Å²) >= 11 is 0. The van der Waals surface area contributed by atoms with Crippen molar-refractivity contribution in [2.24, 2.45) is 0 Å². The summed E-state index contributed by atoms with van der Waals surface area (Å²) in [7, 11) is -4.74. The topological polar surface area (TPSA) is 155 Å². The minimum atomic E-state index is -4.74. The molecule has 0 aliphatic rings. The van der Waals surface area contributed by atoms with E-state index in [2.05, 4.69) is 32.9 Å². The lowest BCUT2D eigenvalue weighted by Gasteiger charge is -2.21. The molecule has 11 nitrogen and oxygen atoms in total. The molecule has 0 saturated heterocycles. The number of ether oxygens (including phenoxy) is 3. The summed E-state index contributed by atoms with van der Waals surface area (Å²) in [6.07, 6.45) is 60.2. The maximum atomic E-state index is 13.0. The standard InChI is InChI=1S/C64H123O11P/c1-4-7-10-13-16-19-22-25-27-29-30-32-34-37-40-43-46-49-52-55-64(68)75-61(57-71-62(66)53-50-47-44-41-38-36-33-31-28-26-23-20-17-14-11-8-5-2)59-73-76(69,70)72-58-60(56-65)74-63(67)54-51-48-45-42-39-35-24-21-18-15-12-9-6-3/h25,27,60-61,65H,4-24,26,28-59H2,1-3H3,(H,69,70)/b27-25-. The maximum absolute atomic E-state index is 13.0. The van der Waals surface area contributed by atoms with Gasteiger partial charge in [0.15, 0.2) is 6.10 Å². The van der Waals surface area contributed by atoms with Crippen molar-refractivity contribution in [3.05, 3.63) is 12.2 Å². The van der Waals surface area contributed by atoms with E-state index in [1.807, 2.05) is 0 Å². The van der Waals surface area contributed by atoms with E-state index in [4.69, 9.17) is 23.3 Å². The minimum Gasteiger partial charge on any atom is -0.462 e. The molecule has 0 aliphatic carbocycles. The van der Waals surface area contributed by atoms with E-state index in [1.54, 1.807) is 0 Å². The number of aliphatic hydroxyl groups excluding tert-OH is 1. The molecule has 2 N–H and O–H groups in total. The van der Waals surface area contributed by atoms with E-state index in [-0.39, 0.29) is 25.9 Å². The van der Waals surface area contributed by atoms with Crippen LogP contribution in [0.3, 0.4) is 0 Å². The first-order chi connectivity index (χ1) is 37.2. The SMILES string of the molecule is CCCCCCCC/C=C\CCCCCCCCCCCC(=O)OC(COC(=O)CCCCCCCCCCCCCCCCCCC)COP(=O)(O)OCC(CO)OC(=O)CCCCCCCCCCCCCCC. The first kappa shape index (κ1) is 74.2. The zero-order valence-electron chi connectivity index (χ0n) is 50.0. The van der Waals surface area contributed by atoms with Crippen molar-refractivity contribution in [1.82, 2.24) is 0 Å². The van der Waals surface area contributed by atoms with Gasteiger partial charge in [-0.3, -0.25) is 23.4 Å². The number of hydrogen-bond acceptors (Lipinski definition) is 10. The molecule has 0 fully saturated rings. The van der Waals surface area contributed by atoms with Crippen LogP contribution in [0.25, 0.3) is 0 Å². The monoisotopic (exact) mass is 1100 g/mol. The Balaban J connectivity index is 4.65. The fourth-order valence-corrected chi connectivity index (χ4v) is 10.5. The first-order valence-electron chi connectivity index (χ1n) is 32.6. The van der Waals surface area contributed by atoms with E-state index in [0.29, 0.717) is 19.3 Å². The molecule has 0 amide bonds. The van der Waals surface area contributed by atoms with Crippen LogP contribution >= 0.6 is 7.82 Å². The number of unbranched alkanes of at least 4 members (excludes halogenated alkanes) is 43. The Hall–Kier alpha value is -1.78. The third-order valence-electron chi connectivity index (χ3n) is 14.7. The molecule has 0 spiro atoms. The highest BCUT2D eigenvalue weighted by Gasteiger charge is 2.28. The van der Waals surface area contributed by atoms with Crippen molar-refractivity contribution in [1.29, 1.82) is 0 Å². The molecule has 0 bridgehead atoms. The van der Waals surface area contributed by atoms with Crippen LogP contribution in [0.15, 0.2) is 12.2 Å². The third kappa shape index (κ3) is 56.9. The Morgan fingerprint density at radius 2 is 0.605 bits per heavy atom. The van der Waals surface area contributed by atoms with Gasteiger partial charge in [-0.2, -0.15) is 0 Å². The normalized spacial score (nSPS) is 13.3. The largest absolute Gasteiger partial charge is 0.472 e. The van der Waals surface area contributed by atoms with Gasteiger partial charge in [-0.15, -0.1) is 0 Å². The lowest BCUT2D eigenvalue weighted by Crippen LogP contribution is -2.30. The smallest absolute Gasteiger partial charge is 0.462 e. The number of phosphoric acid groups is 1. The molecule has 0 aromatic rings. The van der Waals surface area contributed by atoms with Crippen LogP contribution in [0.4, 0.5) is 0 Å². The Labute approximate surface area is 468 Å². The molecular weight excluding hydrogens is 976 g/mol. The Kier molecular flexibility index (Phi) is 58.0. The minimum absolute atomic E-state index is 0.173. The van der Waals surface area contributed by atoms with Gasteiger partial charge in [-0.25, -0.2) is 4.57 Å². The van der Waals surface area contributed by atoms with Gasteiger partial charge in [0.1, 0.15) is 12.7 Å². The molecule has 0 aliphatic heterocycles. The molecule has 0 saturated carbocycles. The molecule has 3 unspecified atom stereocenters. The molecule has 0 radical (unpaired) electrons. The summed E-state index contributed by atoms with van der Waals surface area (Å²) < 4.78 is 39.7. The van der Waals surface area contributed by atoms with Crippen LogP contribution in [0, 0.1) is 0 Å². The Morgan fingerprint density at radius 1 is 0.355 bits per heavy atom. The number of allylic oxidation sites excluding steroid dienone is 2. The molecule has 76 heavy (non-hydrogen) atoms. The summed E-state index contributed by atoms with van der Waals surface area (Å²) in [5, 5.41) is 9.84. The van der Waals surface area contributed by atoms with Crippen LogP contribution in [-0.2, 0) is 42.2 Å². The lowest BCUT2D eigenvalue weighted by atomic mass is 10.0. The quantitative estimate of drug-likeness (QED) is 0.0197. The summed E-state index contributed by atoms with van der Waals surface area (Å²) in [5.74, 6) is -1.43. The van der Waals surface area contributed by atoms with Crippen molar-refractivity contribution < 1.29 is 52.2 Å². The van der Waals surface area contributed by atoms with Gasteiger partial charge in [0, 0.05) is 19.3 Å². The summed E-state index contributed by atoms with van der Waals surface area (Å²) in [5.41, 5.74) is 0. The predicted octanol–water partition coefficient (Wildman–Crippen LogP) is 19.6. The van der Waals surface area contributed by atoms with Crippen molar-refractivity contribution in [3.63, 3.8) is 0 Å². The number of rotatable bonds is 62. The molecule has 0 rings (SSSR count). The van der Waals surface area contributed by atoms with E-state index >= 15 is 0 Å². The molecule has 0 aromatic carbocycles. The van der Waals surface area contributed by atoms with Gasteiger partial charge < -0.3 is 24.2 Å². The number of phosphoric ester groups is 1. The van der Waals surface area contributed by atoms with Gasteiger partial charge in [0.05, 0.1) is 19.8 Å². The van der Waals surface area contributed by atoms with Crippen molar-refractivity contribution in [3.8, 4) is 0 Å². The van der Waals surface area contributed by atoms with Gasteiger partial charge in [-0.05, 0) is 44.9 Å². The fourth-order valence-electron chi connectivity index (χ4n) is 9.71. The molecule has 450 valence electrons. The zero-order valence-corrected chi connectivity index (χ0v) is 50.9. The Bertz CT molecular complexity index is 1330. The second-order valence-corrected chi connectivity index (χ2v) is 23.8. The third-order valence-corrected chi connectivity index (χ3v) is 15.6. The van der Waals surface area contributed by atoms with Crippen LogP contribution in [0.5, 0.6) is 0 Å². The maximum Gasteiger partial charge on any atom is 0.472 e. The average Bonchev–Trinajstić information content (AvgIpc) is 3.41. The lowest BCUT2D eigenvalue weighted by molar-refractivity contribution is -0.161. The number of hydrogen-bond donors (Lipinski definition) is 2. The van der Waals surface area contributed by atoms with Gasteiger partial charge in [0.25, 0.3) is 0 Å². The summed E-state index contributed by atoms with van der Waals surface area (Å²) in [4.78, 5) is 48.7. The van der Waals surface area contributed by atoms with Crippen LogP contribution in [0.2, 0.25) is 0 Å². The summed E-state index contributed by atoms with van der Waals surface area (Å²) in [6, 6.07) is 0. The van der Waals surface area contributed by atoms with E-state index in [0.717, 1.165) is 57.8 Å². The number of carbonyl (C=O) groups is 3. The number of aliphatic hydroxyl groups is 1. The van der Waals surface area contributed by atoms with Crippen molar-refractivity contribution >= 4 is 25.7 Å². The zero-order chi connectivity index (χ0) is 55.5. The van der Waals surface area contributed by atoms with Gasteiger partial charge >= 0.3 is 25.7 Å². The van der Waals surface area contributed by atoms with Crippen LogP contribution in [0.1, 0.15) is 342 Å². The second kappa shape index (κ2) is 59.3. The van der Waals surface area contributed by atoms with Crippen LogP contribution in [-0.4, -0.2) is 66.5 Å². The van der Waals surface area contributed by atoms with E-state index in [9.17, 15) is 28.9 Å². The highest BCUT2D eigenvalue weighted by molar-refractivity contribution is 7.47. The van der Waals surface area contributed by atoms with E-state index < -0.39 is 57.8 Å². The second-order valence-electron chi connectivity index (χ2n) is 22.3. The highest BCUT2D eigenvalue weighted by atomic mass is 31.2. The van der Waals surface area contributed by atoms with Crippen molar-refractivity contribution in [2.45, 2.75) is 354 Å². The van der Waals surface area contributed by atoms with Gasteiger partial charge in [-0.1, -0.05) is 290 Å². The molecule has 3 atom stereocenters. The van der Waals surface area contributed by atoms with Crippen molar-refractivity contribution in [2.75, 3.05) is 26.4 Å². The molecule has 0 aromatic heterocycles. The highest BCUT2D eigenvalue weighted by Crippen LogP contribution is 2.43. The summed E-state index contributed by atoms with van der Waals surface area (Å²) in [6.45, 7) is 4.73. The fraction of sp³-hybridized carbons (Fsp3) is 0.922. The molecule has 0 heterocycles.